The van der Waals surface area contributed by atoms with Crippen LogP contribution in [0, 0.1) is 17.8 Å². The van der Waals surface area contributed by atoms with Crippen LogP contribution >= 0.6 is 0 Å². The van der Waals surface area contributed by atoms with Crippen LogP contribution in [0.3, 0.4) is 0 Å². The number of hydrogen-bond donors (Lipinski definition) is 0. The summed E-state index contributed by atoms with van der Waals surface area (Å²) in [6.07, 6.45) is 1.69. The third-order valence-electron chi connectivity index (χ3n) is 3.46. The monoisotopic (exact) mass is 198 g/mol. The number of esters is 1. The Morgan fingerprint density at radius 3 is 2.43 bits per heavy atom. The van der Waals surface area contributed by atoms with E-state index >= 15 is 0 Å². The van der Waals surface area contributed by atoms with Crippen molar-refractivity contribution in [3.63, 3.8) is 0 Å². The number of ether oxygens (including phenoxy) is 1. The Morgan fingerprint density at radius 1 is 1.43 bits per heavy atom. The fourth-order valence-corrected chi connectivity index (χ4v) is 2.25. The predicted octanol–water partition coefficient (Wildman–Crippen LogP) is 3.01. The molecule has 14 heavy (non-hydrogen) atoms. The summed E-state index contributed by atoms with van der Waals surface area (Å²) in [4.78, 5) is 11.3. The molecular weight excluding hydrogens is 176 g/mol. The van der Waals surface area contributed by atoms with E-state index in [2.05, 4.69) is 34.6 Å². The topological polar surface area (TPSA) is 26.3 Å². The van der Waals surface area contributed by atoms with Gasteiger partial charge in [0.25, 0.3) is 0 Å². The molecule has 82 valence electrons. The summed E-state index contributed by atoms with van der Waals surface area (Å²) < 4.78 is 5.48. The summed E-state index contributed by atoms with van der Waals surface area (Å²) in [6, 6.07) is 0. The smallest absolute Gasteiger partial charge is 0.306 e. The number of cyclic esters (lactones) is 1. The minimum absolute atomic E-state index is 0.0214. The van der Waals surface area contributed by atoms with Crippen LogP contribution in [0.5, 0.6) is 0 Å². The van der Waals surface area contributed by atoms with Crippen LogP contribution < -0.4 is 0 Å². The molecule has 0 radical (unpaired) electrons. The van der Waals surface area contributed by atoms with E-state index in [1.807, 2.05) is 0 Å². The van der Waals surface area contributed by atoms with Gasteiger partial charge in [0.2, 0.25) is 0 Å². The molecule has 0 saturated carbocycles. The Kier molecular flexibility index (Phi) is 3.23. The third-order valence-corrected chi connectivity index (χ3v) is 3.46. The number of carbonyl (C=O) groups is 1. The van der Waals surface area contributed by atoms with Gasteiger partial charge in [-0.15, -0.1) is 0 Å². The van der Waals surface area contributed by atoms with Gasteiger partial charge >= 0.3 is 5.97 Å². The zero-order valence-electron chi connectivity index (χ0n) is 9.96. The first-order valence-electron chi connectivity index (χ1n) is 5.58. The molecule has 2 unspecified atom stereocenters. The zero-order chi connectivity index (χ0) is 10.9. The highest BCUT2D eigenvalue weighted by Gasteiger charge is 2.47. The lowest BCUT2D eigenvalue weighted by atomic mass is 9.76. The van der Waals surface area contributed by atoms with Crippen molar-refractivity contribution in [3.05, 3.63) is 0 Å². The lowest BCUT2D eigenvalue weighted by molar-refractivity contribution is -0.151. The summed E-state index contributed by atoms with van der Waals surface area (Å²) in [6.45, 7) is 10.7. The Morgan fingerprint density at radius 2 is 2.00 bits per heavy atom. The highest BCUT2D eigenvalue weighted by Crippen LogP contribution is 2.41. The van der Waals surface area contributed by atoms with Crippen LogP contribution in [0.15, 0.2) is 0 Å². The molecule has 1 rings (SSSR count). The molecular formula is C12H22O2. The van der Waals surface area contributed by atoms with Gasteiger partial charge in [0.1, 0.15) is 5.60 Å². The summed E-state index contributed by atoms with van der Waals surface area (Å²) >= 11 is 0. The fraction of sp³-hybridized carbons (Fsp3) is 0.917. The van der Waals surface area contributed by atoms with Crippen molar-refractivity contribution in [1.29, 1.82) is 0 Å². The van der Waals surface area contributed by atoms with Crippen molar-refractivity contribution >= 4 is 5.97 Å². The summed E-state index contributed by atoms with van der Waals surface area (Å²) in [5.74, 6) is 1.41. The molecule has 0 amide bonds. The van der Waals surface area contributed by atoms with E-state index in [4.69, 9.17) is 4.74 Å². The van der Waals surface area contributed by atoms with Crippen LogP contribution in [-0.4, -0.2) is 11.6 Å². The van der Waals surface area contributed by atoms with Crippen molar-refractivity contribution < 1.29 is 9.53 Å². The average Bonchev–Trinajstić information content (AvgIpc) is 2.26. The van der Waals surface area contributed by atoms with Gasteiger partial charge in [-0.2, -0.15) is 0 Å². The van der Waals surface area contributed by atoms with Gasteiger partial charge in [-0.25, -0.2) is 0 Å². The maximum Gasteiger partial charge on any atom is 0.306 e. The molecule has 2 nitrogen and oxygen atoms in total. The zero-order valence-corrected chi connectivity index (χ0v) is 9.96. The molecule has 0 aliphatic carbocycles. The van der Waals surface area contributed by atoms with Gasteiger partial charge in [-0.1, -0.05) is 27.7 Å². The average molecular weight is 198 g/mol. The van der Waals surface area contributed by atoms with E-state index in [0.717, 1.165) is 6.42 Å². The first kappa shape index (κ1) is 11.5. The second-order valence-electron chi connectivity index (χ2n) is 5.34. The molecule has 0 spiro atoms. The molecule has 0 N–H and O–H groups in total. The van der Waals surface area contributed by atoms with Gasteiger partial charge in [0.15, 0.2) is 0 Å². The van der Waals surface area contributed by atoms with Gasteiger partial charge in [-0.3, -0.25) is 4.79 Å². The maximum absolute atomic E-state index is 11.3. The van der Waals surface area contributed by atoms with Crippen LogP contribution in [0.25, 0.3) is 0 Å². The highest BCUT2D eigenvalue weighted by molar-refractivity contribution is 5.72. The fourth-order valence-electron chi connectivity index (χ4n) is 2.25. The largest absolute Gasteiger partial charge is 0.459 e. The van der Waals surface area contributed by atoms with E-state index in [-0.39, 0.29) is 11.6 Å². The maximum atomic E-state index is 11.3. The molecule has 0 aromatic heterocycles. The molecule has 0 aromatic carbocycles. The molecule has 1 aliphatic heterocycles. The molecule has 1 saturated heterocycles. The minimum Gasteiger partial charge on any atom is -0.459 e. The molecule has 0 aromatic rings. The van der Waals surface area contributed by atoms with E-state index in [1.54, 1.807) is 0 Å². The number of rotatable bonds is 3. The second-order valence-corrected chi connectivity index (χ2v) is 5.34. The standard InChI is InChI=1S/C12H22O2/c1-8(2)6-10-7-11(13)14-12(10,5)9(3)4/h8-10H,6-7H2,1-5H3. The molecule has 2 heteroatoms. The summed E-state index contributed by atoms with van der Waals surface area (Å²) in [5.41, 5.74) is -0.235. The molecule has 2 atom stereocenters. The number of carbonyl (C=O) groups excluding carboxylic acids is 1. The summed E-state index contributed by atoms with van der Waals surface area (Å²) in [7, 11) is 0. The lowest BCUT2D eigenvalue weighted by Crippen LogP contribution is -2.38. The van der Waals surface area contributed by atoms with E-state index in [9.17, 15) is 4.79 Å². The van der Waals surface area contributed by atoms with E-state index < -0.39 is 0 Å². The van der Waals surface area contributed by atoms with E-state index in [0.29, 0.717) is 24.2 Å². The Bertz CT molecular complexity index is 220. The molecule has 1 fully saturated rings. The normalized spacial score (nSPS) is 32.8. The molecule has 0 bridgehead atoms. The molecule has 1 heterocycles. The Balaban J connectivity index is 2.76. The van der Waals surface area contributed by atoms with Gasteiger partial charge in [0.05, 0.1) is 6.42 Å². The quantitative estimate of drug-likeness (QED) is 0.652. The van der Waals surface area contributed by atoms with Crippen LogP contribution in [-0.2, 0) is 9.53 Å². The van der Waals surface area contributed by atoms with Crippen molar-refractivity contribution in [1.82, 2.24) is 0 Å². The van der Waals surface area contributed by atoms with Gasteiger partial charge < -0.3 is 4.74 Å². The first-order valence-corrected chi connectivity index (χ1v) is 5.58. The van der Waals surface area contributed by atoms with Gasteiger partial charge in [-0.05, 0) is 25.2 Å². The highest BCUT2D eigenvalue weighted by atomic mass is 16.6. The minimum atomic E-state index is -0.235. The molecule has 1 aliphatic rings. The van der Waals surface area contributed by atoms with Crippen molar-refractivity contribution in [2.75, 3.05) is 0 Å². The predicted molar refractivity (Wildman–Crippen MR) is 56.9 cm³/mol. The van der Waals surface area contributed by atoms with Gasteiger partial charge in [0, 0.05) is 5.92 Å². The first-order chi connectivity index (χ1) is 6.36. The van der Waals surface area contributed by atoms with E-state index in [1.165, 1.54) is 0 Å². The van der Waals surface area contributed by atoms with Crippen LogP contribution in [0.4, 0.5) is 0 Å². The van der Waals surface area contributed by atoms with Crippen molar-refractivity contribution in [2.24, 2.45) is 17.8 Å². The van der Waals surface area contributed by atoms with Crippen LogP contribution in [0.2, 0.25) is 0 Å². The Labute approximate surface area is 87.0 Å². The SMILES string of the molecule is CC(C)CC1CC(=O)OC1(C)C(C)C. The Hall–Kier alpha value is -0.530. The summed E-state index contributed by atoms with van der Waals surface area (Å²) in [5, 5.41) is 0. The number of hydrogen-bond acceptors (Lipinski definition) is 2. The van der Waals surface area contributed by atoms with Crippen molar-refractivity contribution in [3.8, 4) is 0 Å². The second kappa shape index (κ2) is 3.92. The van der Waals surface area contributed by atoms with Crippen molar-refractivity contribution in [2.45, 2.75) is 53.1 Å². The van der Waals surface area contributed by atoms with Crippen LogP contribution in [0.1, 0.15) is 47.5 Å². The lowest BCUT2D eigenvalue weighted by Gasteiger charge is -2.34. The third kappa shape index (κ3) is 2.10.